The minimum Gasteiger partial charge on any atom is -0.467 e. The van der Waals surface area contributed by atoms with Gasteiger partial charge in [-0.2, -0.15) is 0 Å². The molecule has 0 fully saturated rings. The fourth-order valence-electron chi connectivity index (χ4n) is 4.52. The summed E-state index contributed by atoms with van der Waals surface area (Å²) in [7, 11) is 1.25. The fraction of sp³-hybridized carbons (Fsp3) is 0.310. The fourth-order valence-corrected chi connectivity index (χ4v) is 4.52. The summed E-state index contributed by atoms with van der Waals surface area (Å²) in [4.78, 5) is 25.4. The number of fused-ring (bicyclic) bond motifs is 1. The Morgan fingerprint density at radius 2 is 1.68 bits per heavy atom. The molecule has 0 bridgehead atoms. The van der Waals surface area contributed by atoms with Crippen molar-refractivity contribution in [2.24, 2.45) is 0 Å². The van der Waals surface area contributed by atoms with Gasteiger partial charge in [0, 0.05) is 23.6 Å². The van der Waals surface area contributed by atoms with Gasteiger partial charge in [0.15, 0.2) is 11.6 Å². The molecule has 0 aliphatic heterocycles. The van der Waals surface area contributed by atoms with E-state index in [1.165, 1.54) is 13.2 Å². The van der Waals surface area contributed by atoms with Crippen LogP contribution in [0.25, 0.3) is 11.1 Å². The van der Waals surface area contributed by atoms with Crippen LogP contribution in [0, 0.1) is 17.5 Å². The molecule has 6 nitrogen and oxygen atoms in total. The maximum atomic E-state index is 14.5. The Bertz CT molecular complexity index is 1390. The van der Waals surface area contributed by atoms with Crippen LogP contribution in [0.3, 0.4) is 0 Å². The zero-order valence-electron chi connectivity index (χ0n) is 21.5. The van der Waals surface area contributed by atoms with Crippen molar-refractivity contribution in [2.75, 3.05) is 7.11 Å². The number of alkyl carbamates (subject to hydrolysis) is 1. The average molecular weight is 528 g/mol. The van der Waals surface area contributed by atoms with Gasteiger partial charge < -0.3 is 19.5 Å². The normalized spacial score (nSPS) is 16.8. The van der Waals surface area contributed by atoms with E-state index < -0.39 is 40.7 Å². The highest BCUT2D eigenvalue weighted by Crippen LogP contribution is 2.38. The number of carbonyl (C=O) groups is 2. The minimum atomic E-state index is -1.34. The highest BCUT2D eigenvalue weighted by atomic mass is 19.2. The monoisotopic (exact) mass is 527 g/mol. The zero-order valence-corrected chi connectivity index (χ0v) is 21.5. The smallest absolute Gasteiger partial charge is 0.408 e. The molecule has 9 heteroatoms. The van der Waals surface area contributed by atoms with Crippen LogP contribution in [0.4, 0.5) is 18.0 Å². The summed E-state index contributed by atoms with van der Waals surface area (Å²) in [5.41, 5.74) is -0.529. The molecular formula is C29H28F3NO5. The molecular weight excluding hydrogens is 499 g/mol. The lowest BCUT2D eigenvalue weighted by atomic mass is 9.78. The Hall–Kier alpha value is -4.01. The van der Waals surface area contributed by atoms with Gasteiger partial charge in [0.05, 0.1) is 7.11 Å². The molecule has 0 heterocycles. The van der Waals surface area contributed by atoms with E-state index >= 15 is 0 Å². The summed E-state index contributed by atoms with van der Waals surface area (Å²) in [6.45, 7) is 5.16. The molecule has 3 aromatic rings. The van der Waals surface area contributed by atoms with E-state index in [4.69, 9.17) is 14.2 Å². The van der Waals surface area contributed by atoms with Crippen molar-refractivity contribution in [1.29, 1.82) is 0 Å². The van der Waals surface area contributed by atoms with Gasteiger partial charge in [-0.05, 0) is 69.0 Å². The topological polar surface area (TPSA) is 73.9 Å². The second kappa shape index (κ2) is 10.4. The molecule has 1 aliphatic carbocycles. The predicted octanol–water partition coefficient (Wildman–Crippen LogP) is 6.49. The van der Waals surface area contributed by atoms with Crippen LogP contribution in [0.2, 0.25) is 0 Å². The van der Waals surface area contributed by atoms with Gasteiger partial charge in [-0.1, -0.05) is 24.3 Å². The van der Waals surface area contributed by atoms with Crippen molar-refractivity contribution in [3.05, 3.63) is 83.2 Å². The van der Waals surface area contributed by atoms with E-state index in [0.717, 1.165) is 17.2 Å². The van der Waals surface area contributed by atoms with Gasteiger partial charge in [0.2, 0.25) is 0 Å². The van der Waals surface area contributed by atoms with Crippen LogP contribution in [0.15, 0.2) is 54.6 Å². The maximum Gasteiger partial charge on any atom is 0.408 e. The summed E-state index contributed by atoms with van der Waals surface area (Å²) < 4.78 is 58.7. The van der Waals surface area contributed by atoms with Crippen LogP contribution >= 0.6 is 0 Å². The number of rotatable bonds is 5. The number of halogens is 3. The van der Waals surface area contributed by atoms with Crippen molar-refractivity contribution in [3.8, 4) is 22.6 Å². The maximum absolute atomic E-state index is 14.5. The minimum absolute atomic E-state index is 0.122. The van der Waals surface area contributed by atoms with Crippen molar-refractivity contribution in [2.45, 2.75) is 51.2 Å². The van der Waals surface area contributed by atoms with Crippen LogP contribution in [0.1, 0.15) is 38.3 Å². The van der Waals surface area contributed by atoms with Crippen LogP contribution < -0.4 is 10.1 Å². The molecule has 200 valence electrons. The largest absolute Gasteiger partial charge is 0.467 e. The lowest BCUT2D eigenvalue weighted by Crippen LogP contribution is -2.59. The number of hydrogen-bond acceptors (Lipinski definition) is 5. The second-order valence-electron chi connectivity index (χ2n) is 10.2. The first-order chi connectivity index (χ1) is 17.9. The summed E-state index contributed by atoms with van der Waals surface area (Å²) in [6, 6.07) is 12.9. The molecule has 0 saturated carbocycles. The Morgan fingerprint density at radius 1 is 0.947 bits per heavy atom. The molecule has 0 saturated heterocycles. The lowest BCUT2D eigenvalue weighted by molar-refractivity contribution is -0.149. The SMILES string of the molecule is COC(=O)C1(NC(=O)OC(C)(C)C)CCc2ccc(Oc3ccccc3-c3cc(F)cc(F)c3F)cc2C1. The van der Waals surface area contributed by atoms with Crippen LogP contribution in [-0.2, 0) is 27.1 Å². The van der Waals surface area contributed by atoms with E-state index in [1.807, 2.05) is 6.07 Å². The van der Waals surface area contributed by atoms with Crippen LogP contribution in [0.5, 0.6) is 11.5 Å². The third-order valence-corrected chi connectivity index (χ3v) is 6.21. The number of aryl methyl sites for hydroxylation is 1. The average Bonchev–Trinajstić information content (AvgIpc) is 2.84. The Balaban J connectivity index is 1.65. The van der Waals surface area contributed by atoms with Gasteiger partial charge in [0.25, 0.3) is 0 Å². The number of methoxy groups -OCH3 is 1. The number of amides is 1. The highest BCUT2D eigenvalue weighted by molar-refractivity contribution is 5.86. The molecule has 1 amide bonds. The quantitative estimate of drug-likeness (QED) is 0.303. The van der Waals surface area contributed by atoms with Gasteiger partial charge in [-0.15, -0.1) is 0 Å². The molecule has 1 unspecified atom stereocenters. The number of para-hydroxylation sites is 1. The van der Waals surface area contributed by atoms with Gasteiger partial charge in [-0.3, -0.25) is 0 Å². The number of carbonyl (C=O) groups excluding carboxylic acids is 2. The second-order valence-corrected chi connectivity index (χ2v) is 10.2. The molecule has 1 aliphatic rings. The molecule has 0 spiro atoms. The zero-order chi connectivity index (χ0) is 27.7. The Labute approximate surface area is 218 Å². The third kappa shape index (κ3) is 5.77. The summed E-state index contributed by atoms with van der Waals surface area (Å²) in [5, 5.41) is 2.71. The third-order valence-electron chi connectivity index (χ3n) is 6.21. The van der Waals surface area contributed by atoms with E-state index in [-0.39, 0.29) is 23.3 Å². The highest BCUT2D eigenvalue weighted by Gasteiger charge is 2.45. The van der Waals surface area contributed by atoms with Crippen molar-refractivity contribution in [3.63, 3.8) is 0 Å². The molecule has 0 radical (unpaired) electrons. The van der Waals surface area contributed by atoms with Gasteiger partial charge >= 0.3 is 12.1 Å². The molecule has 38 heavy (non-hydrogen) atoms. The standard InChI is InChI=1S/C29H28F3NO5/c1-28(2,3)38-27(35)33-29(26(34)36-4)12-11-17-9-10-20(13-18(17)16-29)37-24-8-6-5-7-21(24)22-14-19(30)15-23(31)25(22)32/h5-10,13-15H,11-12,16H2,1-4H3,(H,33,35). The summed E-state index contributed by atoms with van der Waals surface area (Å²) >= 11 is 0. The summed E-state index contributed by atoms with van der Waals surface area (Å²) in [6.07, 6.45) is 0.165. The predicted molar refractivity (Wildman–Crippen MR) is 134 cm³/mol. The van der Waals surface area contributed by atoms with Crippen molar-refractivity contribution in [1.82, 2.24) is 5.32 Å². The molecule has 1 atom stereocenters. The molecule has 3 aromatic carbocycles. The first-order valence-corrected chi connectivity index (χ1v) is 12.0. The molecule has 4 rings (SSSR count). The first-order valence-electron chi connectivity index (χ1n) is 12.0. The number of esters is 1. The first kappa shape index (κ1) is 27.0. The van der Waals surface area contributed by atoms with Gasteiger partial charge in [-0.25, -0.2) is 22.8 Å². The summed E-state index contributed by atoms with van der Waals surface area (Å²) in [5.74, 6) is -3.48. The Morgan fingerprint density at radius 3 is 2.39 bits per heavy atom. The Kier molecular flexibility index (Phi) is 7.40. The number of hydrogen-bond donors (Lipinski definition) is 1. The molecule has 1 N–H and O–H groups in total. The number of ether oxygens (including phenoxy) is 3. The van der Waals surface area contributed by atoms with Crippen molar-refractivity contribution >= 4 is 12.1 Å². The van der Waals surface area contributed by atoms with E-state index in [1.54, 1.807) is 51.1 Å². The van der Waals surface area contributed by atoms with E-state index in [2.05, 4.69) is 5.32 Å². The number of benzene rings is 3. The van der Waals surface area contributed by atoms with Crippen molar-refractivity contribution < 1.29 is 37.0 Å². The number of nitrogens with one attached hydrogen (secondary N) is 1. The van der Waals surface area contributed by atoms with Crippen LogP contribution in [-0.4, -0.2) is 30.3 Å². The van der Waals surface area contributed by atoms with E-state index in [9.17, 15) is 22.8 Å². The van der Waals surface area contributed by atoms with Gasteiger partial charge in [0.1, 0.15) is 28.5 Å². The lowest BCUT2D eigenvalue weighted by Gasteiger charge is -2.36. The molecule has 0 aromatic heterocycles. The van der Waals surface area contributed by atoms with E-state index in [0.29, 0.717) is 24.7 Å².